The number of carbonyl (C=O) groups is 1. The zero-order valence-corrected chi connectivity index (χ0v) is 13.1. The van der Waals surface area contributed by atoms with Crippen molar-refractivity contribution in [3.8, 4) is 11.5 Å². The summed E-state index contributed by atoms with van der Waals surface area (Å²) < 4.78 is 7.23. The Labute approximate surface area is 132 Å². The Balaban J connectivity index is 1.90. The number of carboxylic acids is 1. The van der Waals surface area contributed by atoms with Crippen molar-refractivity contribution in [2.24, 2.45) is 0 Å². The third kappa shape index (κ3) is 2.85. The number of hydrogen-bond acceptors (Lipinski definition) is 5. The van der Waals surface area contributed by atoms with Crippen LogP contribution in [-0.4, -0.2) is 31.1 Å². The third-order valence-electron chi connectivity index (χ3n) is 3.68. The van der Waals surface area contributed by atoms with Crippen LogP contribution in [0.2, 0.25) is 0 Å². The van der Waals surface area contributed by atoms with Crippen molar-refractivity contribution >= 4 is 5.97 Å². The molecule has 1 aromatic carbocycles. The van der Waals surface area contributed by atoms with Gasteiger partial charge in [-0.25, -0.2) is 14.5 Å². The standard InChI is InChI=1S/C16H16N4O3/c1-9-4-6-12(7-5-9)15-17-13(11(3)23-15)8-20-10(2)14(16(21)22)18-19-20/h4-7H,8H2,1-3H3,(H,21,22). The largest absolute Gasteiger partial charge is 0.476 e. The molecule has 0 unspecified atom stereocenters. The number of aryl methyl sites for hydroxylation is 2. The molecule has 0 radical (unpaired) electrons. The van der Waals surface area contributed by atoms with E-state index in [9.17, 15) is 4.79 Å². The normalized spacial score (nSPS) is 10.9. The van der Waals surface area contributed by atoms with Gasteiger partial charge < -0.3 is 9.52 Å². The van der Waals surface area contributed by atoms with Crippen LogP contribution in [0.1, 0.15) is 33.2 Å². The van der Waals surface area contributed by atoms with E-state index in [0.717, 1.165) is 11.1 Å². The highest BCUT2D eigenvalue weighted by atomic mass is 16.4. The maximum Gasteiger partial charge on any atom is 0.358 e. The number of carboxylic acid groups (broad SMARTS) is 1. The Bertz CT molecular complexity index is 862. The molecule has 0 aliphatic heterocycles. The lowest BCUT2D eigenvalue weighted by Crippen LogP contribution is -2.07. The molecule has 118 valence electrons. The van der Waals surface area contributed by atoms with Crippen LogP contribution in [0.15, 0.2) is 28.7 Å². The molecule has 0 bridgehead atoms. The van der Waals surface area contributed by atoms with Crippen molar-refractivity contribution in [2.75, 3.05) is 0 Å². The molecule has 0 aliphatic carbocycles. The minimum Gasteiger partial charge on any atom is -0.476 e. The third-order valence-corrected chi connectivity index (χ3v) is 3.68. The van der Waals surface area contributed by atoms with Crippen LogP contribution in [0, 0.1) is 20.8 Å². The minimum absolute atomic E-state index is 0.0510. The monoisotopic (exact) mass is 312 g/mol. The average Bonchev–Trinajstić information content (AvgIpc) is 3.05. The zero-order valence-electron chi connectivity index (χ0n) is 13.1. The molecule has 7 nitrogen and oxygen atoms in total. The number of oxazole rings is 1. The molecule has 0 fully saturated rings. The zero-order chi connectivity index (χ0) is 16.6. The Morgan fingerprint density at radius 3 is 2.52 bits per heavy atom. The van der Waals surface area contributed by atoms with E-state index in [0.29, 0.717) is 29.6 Å². The Morgan fingerprint density at radius 1 is 1.22 bits per heavy atom. The molecule has 0 saturated carbocycles. The van der Waals surface area contributed by atoms with E-state index in [1.807, 2.05) is 38.1 Å². The van der Waals surface area contributed by atoms with Crippen molar-refractivity contribution in [1.29, 1.82) is 0 Å². The summed E-state index contributed by atoms with van der Waals surface area (Å²) in [5.41, 5.74) is 3.19. The van der Waals surface area contributed by atoms with Crippen LogP contribution >= 0.6 is 0 Å². The van der Waals surface area contributed by atoms with Crippen LogP contribution in [0.5, 0.6) is 0 Å². The fourth-order valence-electron chi connectivity index (χ4n) is 2.24. The summed E-state index contributed by atoms with van der Waals surface area (Å²) in [5.74, 6) is 0.118. The molecule has 7 heteroatoms. The van der Waals surface area contributed by atoms with Gasteiger partial charge in [0.2, 0.25) is 5.89 Å². The summed E-state index contributed by atoms with van der Waals surface area (Å²) in [7, 11) is 0. The number of aromatic carboxylic acids is 1. The highest BCUT2D eigenvalue weighted by molar-refractivity contribution is 5.86. The lowest BCUT2D eigenvalue weighted by atomic mass is 10.1. The number of aromatic nitrogens is 4. The topological polar surface area (TPSA) is 94.0 Å². The van der Waals surface area contributed by atoms with Crippen LogP contribution in [0.4, 0.5) is 0 Å². The van der Waals surface area contributed by atoms with Crippen molar-refractivity contribution in [3.63, 3.8) is 0 Å². The van der Waals surface area contributed by atoms with Crippen LogP contribution in [0.25, 0.3) is 11.5 Å². The van der Waals surface area contributed by atoms with E-state index in [1.54, 1.807) is 6.92 Å². The van der Waals surface area contributed by atoms with Crippen molar-refractivity contribution in [2.45, 2.75) is 27.3 Å². The first-order valence-electron chi connectivity index (χ1n) is 7.12. The van der Waals surface area contributed by atoms with E-state index in [2.05, 4.69) is 15.3 Å². The van der Waals surface area contributed by atoms with Gasteiger partial charge in [-0.15, -0.1) is 5.10 Å². The van der Waals surface area contributed by atoms with Crippen molar-refractivity contribution in [1.82, 2.24) is 20.0 Å². The summed E-state index contributed by atoms with van der Waals surface area (Å²) >= 11 is 0. The molecular weight excluding hydrogens is 296 g/mol. The van der Waals surface area contributed by atoms with E-state index in [-0.39, 0.29) is 5.69 Å². The second-order valence-corrected chi connectivity index (χ2v) is 5.37. The number of benzene rings is 1. The van der Waals surface area contributed by atoms with Gasteiger partial charge in [0.1, 0.15) is 11.5 Å². The summed E-state index contributed by atoms with van der Waals surface area (Å²) in [5, 5.41) is 16.6. The molecule has 3 rings (SSSR count). The fraction of sp³-hybridized carbons (Fsp3) is 0.250. The van der Waals surface area contributed by atoms with Gasteiger partial charge in [0.15, 0.2) is 5.69 Å². The van der Waals surface area contributed by atoms with Crippen molar-refractivity contribution < 1.29 is 14.3 Å². The van der Waals surface area contributed by atoms with E-state index in [1.165, 1.54) is 4.68 Å². The first-order valence-corrected chi connectivity index (χ1v) is 7.12. The molecule has 2 heterocycles. The Kier molecular flexibility index (Phi) is 3.69. The molecule has 0 saturated heterocycles. The lowest BCUT2D eigenvalue weighted by Gasteiger charge is -2.00. The van der Waals surface area contributed by atoms with Gasteiger partial charge in [0.05, 0.1) is 12.2 Å². The molecular formula is C16H16N4O3. The molecule has 2 aromatic heterocycles. The van der Waals surface area contributed by atoms with Crippen LogP contribution in [0.3, 0.4) is 0 Å². The molecule has 23 heavy (non-hydrogen) atoms. The number of hydrogen-bond donors (Lipinski definition) is 1. The minimum atomic E-state index is -1.09. The van der Waals surface area contributed by atoms with Crippen LogP contribution in [-0.2, 0) is 6.54 Å². The first kappa shape index (κ1) is 15.0. The number of nitrogens with zero attached hydrogens (tertiary/aromatic N) is 4. The predicted octanol–water partition coefficient (Wildman–Crippen LogP) is 2.60. The molecule has 0 aliphatic rings. The quantitative estimate of drug-likeness (QED) is 0.795. The Morgan fingerprint density at radius 2 is 1.91 bits per heavy atom. The lowest BCUT2D eigenvalue weighted by molar-refractivity contribution is 0.0689. The van der Waals surface area contributed by atoms with Gasteiger partial charge in [0.25, 0.3) is 0 Å². The predicted molar refractivity (Wildman–Crippen MR) is 82.2 cm³/mol. The fourth-order valence-corrected chi connectivity index (χ4v) is 2.24. The second kappa shape index (κ2) is 5.68. The Hall–Kier alpha value is -2.96. The highest BCUT2D eigenvalue weighted by Gasteiger charge is 2.18. The van der Waals surface area contributed by atoms with E-state index < -0.39 is 5.97 Å². The summed E-state index contributed by atoms with van der Waals surface area (Å²) in [6, 6.07) is 7.89. The second-order valence-electron chi connectivity index (χ2n) is 5.37. The van der Waals surface area contributed by atoms with E-state index >= 15 is 0 Å². The maximum atomic E-state index is 11.0. The average molecular weight is 312 g/mol. The molecule has 0 amide bonds. The summed E-state index contributed by atoms with van der Waals surface area (Å²) in [6.45, 7) is 5.82. The SMILES string of the molecule is Cc1ccc(-c2nc(Cn3nnc(C(=O)O)c3C)c(C)o2)cc1. The van der Waals surface area contributed by atoms with E-state index in [4.69, 9.17) is 9.52 Å². The van der Waals surface area contributed by atoms with Gasteiger partial charge in [-0.1, -0.05) is 22.9 Å². The maximum absolute atomic E-state index is 11.0. The molecule has 0 atom stereocenters. The summed E-state index contributed by atoms with van der Waals surface area (Å²) in [4.78, 5) is 15.5. The van der Waals surface area contributed by atoms with Crippen LogP contribution < -0.4 is 0 Å². The highest BCUT2D eigenvalue weighted by Crippen LogP contribution is 2.22. The van der Waals surface area contributed by atoms with Gasteiger partial charge in [-0.05, 0) is 32.9 Å². The molecule has 3 aromatic rings. The summed E-state index contributed by atoms with van der Waals surface area (Å²) in [6.07, 6.45) is 0. The van der Waals surface area contributed by atoms with Gasteiger partial charge in [-0.3, -0.25) is 0 Å². The van der Waals surface area contributed by atoms with Gasteiger partial charge >= 0.3 is 5.97 Å². The molecule has 0 spiro atoms. The number of rotatable bonds is 4. The smallest absolute Gasteiger partial charge is 0.358 e. The first-order chi connectivity index (χ1) is 11.0. The van der Waals surface area contributed by atoms with Gasteiger partial charge in [0, 0.05) is 5.56 Å². The van der Waals surface area contributed by atoms with Gasteiger partial charge in [-0.2, -0.15) is 0 Å². The molecule has 1 N–H and O–H groups in total. The van der Waals surface area contributed by atoms with Crippen molar-refractivity contribution in [3.05, 3.63) is 52.7 Å².